The quantitative estimate of drug-likeness (QED) is 0.798. The van der Waals surface area contributed by atoms with Gasteiger partial charge in [-0.05, 0) is 55.3 Å². The standard InChI is InChI=1S/C19H17N5O/c1-13-6-9-21-19(22-13)23-16-4-5-17-14(11-16)7-10-24(17)18(25)15-3-2-8-20-12-15/h2-6,8-9,11-12H,7,10H2,1H3,(H,21,22,23). The van der Waals surface area contributed by atoms with Crippen molar-refractivity contribution in [1.29, 1.82) is 0 Å². The molecule has 1 N–H and O–H groups in total. The molecule has 0 unspecified atom stereocenters. The topological polar surface area (TPSA) is 71.0 Å². The maximum atomic E-state index is 12.7. The molecule has 0 bridgehead atoms. The van der Waals surface area contributed by atoms with Gasteiger partial charge in [0.25, 0.3) is 5.91 Å². The zero-order valence-electron chi connectivity index (χ0n) is 13.8. The van der Waals surface area contributed by atoms with Crippen LogP contribution in [0.4, 0.5) is 17.3 Å². The number of amides is 1. The van der Waals surface area contributed by atoms with Gasteiger partial charge in [0.2, 0.25) is 5.95 Å². The van der Waals surface area contributed by atoms with E-state index in [9.17, 15) is 4.79 Å². The largest absolute Gasteiger partial charge is 0.324 e. The van der Waals surface area contributed by atoms with Gasteiger partial charge in [-0.2, -0.15) is 0 Å². The van der Waals surface area contributed by atoms with Crippen LogP contribution in [0, 0.1) is 6.92 Å². The molecule has 0 saturated carbocycles. The molecule has 0 atom stereocenters. The van der Waals surface area contributed by atoms with E-state index in [1.54, 1.807) is 35.6 Å². The molecule has 3 aromatic rings. The molecule has 1 aromatic carbocycles. The van der Waals surface area contributed by atoms with Crippen LogP contribution in [0.1, 0.15) is 21.6 Å². The normalized spacial score (nSPS) is 12.8. The van der Waals surface area contributed by atoms with Gasteiger partial charge in [0.1, 0.15) is 0 Å². The maximum absolute atomic E-state index is 12.7. The molecule has 25 heavy (non-hydrogen) atoms. The Balaban J connectivity index is 1.57. The average molecular weight is 331 g/mol. The Morgan fingerprint density at radius 3 is 2.92 bits per heavy atom. The fourth-order valence-corrected chi connectivity index (χ4v) is 2.97. The highest BCUT2D eigenvalue weighted by atomic mass is 16.2. The molecular formula is C19H17N5O. The van der Waals surface area contributed by atoms with Crippen molar-refractivity contribution < 1.29 is 4.79 Å². The van der Waals surface area contributed by atoms with E-state index < -0.39 is 0 Å². The zero-order chi connectivity index (χ0) is 17.2. The van der Waals surface area contributed by atoms with Crippen molar-refractivity contribution in [3.63, 3.8) is 0 Å². The highest BCUT2D eigenvalue weighted by molar-refractivity contribution is 6.07. The molecule has 124 valence electrons. The second kappa shape index (κ2) is 6.32. The van der Waals surface area contributed by atoms with Crippen LogP contribution in [0.3, 0.4) is 0 Å². The van der Waals surface area contributed by atoms with Gasteiger partial charge in [-0.25, -0.2) is 9.97 Å². The van der Waals surface area contributed by atoms with E-state index in [1.807, 2.05) is 25.1 Å². The van der Waals surface area contributed by atoms with Crippen LogP contribution >= 0.6 is 0 Å². The molecule has 2 aromatic heterocycles. The average Bonchev–Trinajstić information content (AvgIpc) is 3.05. The maximum Gasteiger partial charge on any atom is 0.259 e. The number of benzene rings is 1. The summed E-state index contributed by atoms with van der Waals surface area (Å²) in [5, 5.41) is 3.21. The van der Waals surface area contributed by atoms with Crippen molar-refractivity contribution in [1.82, 2.24) is 15.0 Å². The number of fused-ring (bicyclic) bond motifs is 1. The Kier molecular flexibility index (Phi) is 3.85. The summed E-state index contributed by atoms with van der Waals surface area (Å²) in [5.74, 6) is 0.552. The third kappa shape index (κ3) is 3.06. The van der Waals surface area contributed by atoms with Gasteiger partial charge in [0, 0.05) is 42.2 Å². The smallest absolute Gasteiger partial charge is 0.259 e. The predicted molar refractivity (Wildman–Crippen MR) is 96.1 cm³/mol. The Morgan fingerprint density at radius 2 is 2.12 bits per heavy atom. The first-order valence-electron chi connectivity index (χ1n) is 8.12. The van der Waals surface area contributed by atoms with Gasteiger partial charge in [-0.3, -0.25) is 9.78 Å². The molecule has 0 spiro atoms. The van der Waals surface area contributed by atoms with Crippen LogP contribution < -0.4 is 10.2 Å². The number of aryl methyl sites for hydroxylation is 1. The second-order valence-electron chi connectivity index (χ2n) is 5.94. The van der Waals surface area contributed by atoms with Gasteiger partial charge in [0.05, 0.1) is 5.56 Å². The van der Waals surface area contributed by atoms with Crippen molar-refractivity contribution >= 4 is 23.2 Å². The molecule has 0 radical (unpaired) electrons. The van der Waals surface area contributed by atoms with Crippen LogP contribution in [-0.2, 0) is 6.42 Å². The van der Waals surface area contributed by atoms with Crippen molar-refractivity contribution in [3.8, 4) is 0 Å². The number of carbonyl (C=O) groups is 1. The molecule has 6 heteroatoms. The lowest BCUT2D eigenvalue weighted by atomic mass is 10.1. The summed E-state index contributed by atoms with van der Waals surface area (Å²) in [6.07, 6.45) is 5.82. The van der Waals surface area contributed by atoms with Crippen molar-refractivity contribution in [2.75, 3.05) is 16.8 Å². The number of nitrogens with zero attached hydrogens (tertiary/aromatic N) is 4. The summed E-state index contributed by atoms with van der Waals surface area (Å²) < 4.78 is 0. The Labute approximate surface area is 145 Å². The minimum Gasteiger partial charge on any atom is -0.324 e. The molecule has 6 nitrogen and oxygen atoms in total. The van der Waals surface area contributed by atoms with E-state index in [-0.39, 0.29) is 5.91 Å². The second-order valence-corrected chi connectivity index (χ2v) is 5.94. The van der Waals surface area contributed by atoms with Gasteiger partial charge < -0.3 is 10.2 Å². The summed E-state index contributed by atoms with van der Waals surface area (Å²) in [4.78, 5) is 27.1. The molecule has 1 aliphatic rings. The minimum atomic E-state index is -0.0189. The summed E-state index contributed by atoms with van der Waals surface area (Å²) >= 11 is 0. The fraction of sp³-hybridized carbons (Fsp3) is 0.158. The van der Waals surface area contributed by atoms with Crippen LogP contribution in [0.2, 0.25) is 0 Å². The van der Waals surface area contributed by atoms with Gasteiger partial charge >= 0.3 is 0 Å². The van der Waals surface area contributed by atoms with Crippen molar-refractivity contribution in [2.45, 2.75) is 13.3 Å². The molecule has 1 aliphatic heterocycles. The summed E-state index contributed by atoms with van der Waals surface area (Å²) in [7, 11) is 0. The van der Waals surface area contributed by atoms with Crippen molar-refractivity contribution in [3.05, 3.63) is 71.8 Å². The first-order valence-corrected chi connectivity index (χ1v) is 8.12. The lowest BCUT2D eigenvalue weighted by molar-refractivity contribution is 0.0989. The summed E-state index contributed by atoms with van der Waals surface area (Å²) in [5.41, 5.74) is 4.51. The highest BCUT2D eigenvalue weighted by Gasteiger charge is 2.25. The first kappa shape index (κ1) is 15.3. The fourth-order valence-electron chi connectivity index (χ4n) is 2.97. The lowest BCUT2D eigenvalue weighted by Gasteiger charge is -2.17. The van der Waals surface area contributed by atoms with Crippen molar-refractivity contribution in [2.24, 2.45) is 0 Å². The summed E-state index contributed by atoms with van der Waals surface area (Å²) in [6, 6.07) is 11.4. The zero-order valence-corrected chi connectivity index (χ0v) is 13.8. The number of anilines is 3. The lowest BCUT2D eigenvalue weighted by Crippen LogP contribution is -2.28. The van der Waals surface area contributed by atoms with E-state index in [1.165, 1.54) is 0 Å². The van der Waals surface area contributed by atoms with Gasteiger partial charge in [-0.15, -0.1) is 0 Å². The third-order valence-corrected chi connectivity index (χ3v) is 4.18. The van der Waals surface area contributed by atoms with E-state index >= 15 is 0 Å². The number of nitrogens with one attached hydrogen (secondary N) is 1. The minimum absolute atomic E-state index is 0.0189. The molecule has 0 fully saturated rings. The Morgan fingerprint density at radius 1 is 1.20 bits per heavy atom. The van der Waals surface area contributed by atoms with E-state index in [2.05, 4.69) is 26.3 Å². The molecule has 1 amide bonds. The number of pyridine rings is 1. The van der Waals surface area contributed by atoms with Gasteiger partial charge in [-0.1, -0.05) is 0 Å². The van der Waals surface area contributed by atoms with E-state index in [4.69, 9.17) is 0 Å². The molecular weight excluding hydrogens is 314 g/mol. The van der Waals surface area contributed by atoms with Crippen LogP contribution in [0.5, 0.6) is 0 Å². The number of hydrogen-bond donors (Lipinski definition) is 1. The van der Waals surface area contributed by atoms with Crippen LogP contribution in [-0.4, -0.2) is 27.4 Å². The van der Waals surface area contributed by atoms with E-state index in [0.29, 0.717) is 18.1 Å². The molecule has 0 saturated heterocycles. The van der Waals surface area contributed by atoms with Crippen LogP contribution in [0.25, 0.3) is 0 Å². The Bertz CT molecular complexity index is 926. The molecule has 3 heterocycles. The molecule has 0 aliphatic carbocycles. The number of carbonyl (C=O) groups excluding carboxylic acids is 1. The number of hydrogen-bond acceptors (Lipinski definition) is 5. The SMILES string of the molecule is Cc1ccnc(Nc2ccc3c(c2)CCN3C(=O)c2cccnc2)n1. The van der Waals surface area contributed by atoms with E-state index in [0.717, 1.165) is 29.1 Å². The third-order valence-electron chi connectivity index (χ3n) is 4.18. The number of rotatable bonds is 3. The van der Waals surface area contributed by atoms with Crippen LogP contribution in [0.15, 0.2) is 55.0 Å². The van der Waals surface area contributed by atoms with Gasteiger partial charge in [0.15, 0.2) is 0 Å². The first-order chi connectivity index (χ1) is 12.2. The number of aromatic nitrogens is 3. The summed E-state index contributed by atoms with van der Waals surface area (Å²) in [6.45, 7) is 2.60. The monoisotopic (exact) mass is 331 g/mol. The highest BCUT2D eigenvalue weighted by Crippen LogP contribution is 2.32. The Hall–Kier alpha value is -3.28. The predicted octanol–water partition coefficient (Wildman–Crippen LogP) is 3.13. The molecule has 4 rings (SSSR count).